The number of nitrogens with zero attached hydrogens (tertiary/aromatic N) is 1. The Hall–Kier alpha value is -0.710. The number of carbonyl (C=O) groups excluding carboxylic acids is 1. The lowest BCUT2D eigenvalue weighted by atomic mass is 10.1. The maximum Gasteiger partial charge on any atom is 0.236 e. The number of piperazine rings is 1. The van der Waals surface area contributed by atoms with E-state index in [1.807, 2.05) is 11.0 Å². The molecule has 1 amide bonds. The van der Waals surface area contributed by atoms with Crippen LogP contribution in [-0.4, -0.2) is 41.7 Å². The first-order valence-corrected chi connectivity index (χ1v) is 7.39. The minimum Gasteiger partial charge on any atom is -0.336 e. The molecule has 0 spiro atoms. The second kappa shape index (κ2) is 6.16. The highest BCUT2D eigenvalue weighted by Crippen LogP contribution is 2.37. The quantitative estimate of drug-likeness (QED) is 0.860. The van der Waals surface area contributed by atoms with Crippen molar-refractivity contribution >= 4 is 30.1 Å². The third-order valence-corrected chi connectivity index (χ3v) is 5.01. The van der Waals surface area contributed by atoms with Crippen molar-refractivity contribution in [1.82, 2.24) is 10.2 Å². The highest BCUT2D eigenvalue weighted by atomic mass is 35.5. The summed E-state index contributed by atoms with van der Waals surface area (Å²) in [6, 6.07) is 8.67. The van der Waals surface area contributed by atoms with Crippen molar-refractivity contribution in [2.75, 3.05) is 19.6 Å². The summed E-state index contributed by atoms with van der Waals surface area (Å²) >= 11 is 1.73. The molecule has 1 aromatic rings. The molecule has 1 unspecified atom stereocenters. The number of amides is 1. The van der Waals surface area contributed by atoms with Crippen LogP contribution in [0, 0.1) is 0 Å². The van der Waals surface area contributed by atoms with Gasteiger partial charge in [-0.25, -0.2) is 0 Å². The molecular weight excluding hydrogens is 280 g/mol. The van der Waals surface area contributed by atoms with Crippen molar-refractivity contribution in [3.63, 3.8) is 0 Å². The zero-order valence-corrected chi connectivity index (χ0v) is 12.6. The number of thioether (sulfide) groups is 1. The molecular formula is C14H19ClN2OS. The van der Waals surface area contributed by atoms with Crippen LogP contribution < -0.4 is 5.32 Å². The molecule has 0 aromatic heterocycles. The molecule has 3 nitrogen and oxygen atoms in total. The summed E-state index contributed by atoms with van der Waals surface area (Å²) in [5, 5.41) is 3.41. The van der Waals surface area contributed by atoms with Crippen molar-refractivity contribution in [3.05, 3.63) is 29.8 Å². The van der Waals surface area contributed by atoms with E-state index >= 15 is 0 Å². The number of carbonyl (C=O) groups is 1. The number of benzene rings is 1. The van der Waals surface area contributed by atoms with Crippen LogP contribution in [0.1, 0.15) is 12.5 Å². The number of halogens is 1. The van der Waals surface area contributed by atoms with Crippen molar-refractivity contribution in [2.24, 2.45) is 0 Å². The highest BCUT2D eigenvalue weighted by molar-refractivity contribution is 8.01. The summed E-state index contributed by atoms with van der Waals surface area (Å²) < 4.78 is 0. The van der Waals surface area contributed by atoms with Gasteiger partial charge in [0.1, 0.15) is 0 Å². The molecule has 19 heavy (non-hydrogen) atoms. The fourth-order valence-electron chi connectivity index (χ4n) is 2.67. The van der Waals surface area contributed by atoms with Crippen molar-refractivity contribution in [1.29, 1.82) is 0 Å². The average Bonchev–Trinajstić information content (AvgIpc) is 2.82. The summed E-state index contributed by atoms with van der Waals surface area (Å²) in [4.78, 5) is 15.9. The zero-order chi connectivity index (χ0) is 12.5. The number of fused-ring (bicyclic) bond motifs is 1. The van der Waals surface area contributed by atoms with Crippen LogP contribution in [0.25, 0.3) is 0 Å². The first-order valence-electron chi connectivity index (χ1n) is 6.51. The number of hydrogen-bond donors (Lipinski definition) is 1. The Morgan fingerprint density at radius 1 is 1.42 bits per heavy atom. The molecule has 1 fully saturated rings. The van der Waals surface area contributed by atoms with Gasteiger partial charge in [-0.05, 0) is 25.0 Å². The lowest BCUT2D eigenvalue weighted by molar-refractivity contribution is -0.133. The molecule has 5 heteroatoms. The zero-order valence-electron chi connectivity index (χ0n) is 11.0. The lowest BCUT2D eigenvalue weighted by Gasteiger charge is -2.35. The van der Waals surface area contributed by atoms with Crippen LogP contribution in [0.2, 0.25) is 0 Å². The van der Waals surface area contributed by atoms with Gasteiger partial charge in [0.25, 0.3) is 0 Å². The Labute approximate surface area is 124 Å². The van der Waals surface area contributed by atoms with Gasteiger partial charge in [0.2, 0.25) is 5.91 Å². The van der Waals surface area contributed by atoms with Gasteiger partial charge in [0, 0.05) is 30.6 Å². The number of nitrogens with one attached hydrogen (secondary N) is 1. The molecule has 2 heterocycles. The Kier molecular flexibility index (Phi) is 4.76. The maximum atomic E-state index is 12.6. The number of rotatable bonds is 1. The second-order valence-corrected chi connectivity index (χ2v) is 6.25. The molecule has 2 aliphatic heterocycles. The van der Waals surface area contributed by atoms with Crippen LogP contribution in [0.3, 0.4) is 0 Å². The molecule has 1 aromatic carbocycles. The van der Waals surface area contributed by atoms with E-state index in [0.29, 0.717) is 11.9 Å². The van der Waals surface area contributed by atoms with Gasteiger partial charge in [0.15, 0.2) is 0 Å². The van der Waals surface area contributed by atoms with E-state index in [-0.39, 0.29) is 17.7 Å². The SMILES string of the molecule is C[C@H]1CNCCN1C(=O)C1Cc2ccccc2S1.Cl. The van der Waals surface area contributed by atoms with E-state index in [1.54, 1.807) is 11.8 Å². The fraction of sp³-hybridized carbons (Fsp3) is 0.500. The van der Waals surface area contributed by atoms with Crippen LogP contribution in [0.5, 0.6) is 0 Å². The van der Waals surface area contributed by atoms with E-state index in [0.717, 1.165) is 26.1 Å². The van der Waals surface area contributed by atoms with Gasteiger partial charge >= 0.3 is 0 Å². The molecule has 0 aliphatic carbocycles. The van der Waals surface area contributed by atoms with Crippen molar-refractivity contribution in [3.8, 4) is 0 Å². The van der Waals surface area contributed by atoms with Gasteiger partial charge in [-0.15, -0.1) is 24.2 Å². The summed E-state index contributed by atoms with van der Waals surface area (Å²) in [6.07, 6.45) is 0.885. The van der Waals surface area contributed by atoms with E-state index in [1.165, 1.54) is 10.5 Å². The standard InChI is InChI=1S/C14H18N2OS.ClH/c1-10-9-15-6-7-16(10)14(17)13-8-11-4-2-3-5-12(11)18-13;/h2-5,10,13,15H,6-9H2,1H3;1H/t10-,13?;/m0./s1. The minimum atomic E-state index is 0. The van der Waals surface area contributed by atoms with Gasteiger partial charge < -0.3 is 10.2 Å². The van der Waals surface area contributed by atoms with Crippen LogP contribution in [0.4, 0.5) is 0 Å². The largest absolute Gasteiger partial charge is 0.336 e. The summed E-state index contributed by atoms with van der Waals surface area (Å²) in [5.74, 6) is 0.310. The van der Waals surface area contributed by atoms with Gasteiger partial charge in [-0.1, -0.05) is 18.2 Å². The lowest BCUT2D eigenvalue weighted by Crippen LogP contribution is -2.54. The molecule has 0 saturated carbocycles. The van der Waals surface area contributed by atoms with E-state index in [4.69, 9.17) is 0 Å². The van der Waals surface area contributed by atoms with E-state index in [9.17, 15) is 4.79 Å². The van der Waals surface area contributed by atoms with Gasteiger partial charge in [0.05, 0.1) is 5.25 Å². The van der Waals surface area contributed by atoms with Gasteiger partial charge in [-0.2, -0.15) is 0 Å². The second-order valence-electron chi connectivity index (χ2n) is 5.00. The van der Waals surface area contributed by atoms with E-state index in [2.05, 4.69) is 30.4 Å². The third-order valence-electron chi connectivity index (χ3n) is 3.71. The summed E-state index contributed by atoms with van der Waals surface area (Å²) in [7, 11) is 0. The van der Waals surface area contributed by atoms with Crippen molar-refractivity contribution < 1.29 is 4.79 Å². The van der Waals surface area contributed by atoms with Crippen molar-refractivity contribution in [2.45, 2.75) is 29.5 Å². The topological polar surface area (TPSA) is 32.3 Å². The van der Waals surface area contributed by atoms with Crippen LogP contribution in [-0.2, 0) is 11.2 Å². The summed E-state index contributed by atoms with van der Waals surface area (Å²) in [5.41, 5.74) is 1.32. The molecule has 2 atom stereocenters. The molecule has 104 valence electrons. The molecule has 0 bridgehead atoms. The Morgan fingerprint density at radius 3 is 2.95 bits per heavy atom. The van der Waals surface area contributed by atoms with Crippen LogP contribution in [0.15, 0.2) is 29.2 Å². The molecule has 1 saturated heterocycles. The first kappa shape index (κ1) is 14.7. The van der Waals surface area contributed by atoms with E-state index < -0.39 is 0 Å². The highest BCUT2D eigenvalue weighted by Gasteiger charge is 2.33. The van der Waals surface area contributed by atoms with Crippen LogP contribution >= 0.6 is 24.2 Å². The van der Waals surface area contributed by atoms with Gasteiger partial charge in [-0.3, -0.25) is 4.79 Å². The molecule has 3 rings (SSSR count). The third kappa shape index (κ3) is 2.91. The monoisotopic (exact) mass is 298 g/mol. The first-order chi connectivity index (χ1) is 8.75. The Morgan fingerprint density at radius 2 is 2.21 bits per heavy atom. The smallest absolute Gasteiger partial charge is 0.236 e. The molecule has 1 N–H and O–H groups in total. The predicted octanol–water partition coefficient (Wildman–Crippen LogP) is 1.95. The number of hydrogen-bond acceptors (Lipinski definition) is 3. The Bertz CT molecular complexity index is 444. The molecule has 0 radical (unpaired) electrons. The Balaban J connectivity index is 0.00000133. The normalized spacial score (nSPS) is 25.6. The fourth-order valence-corrected chi connectivity index (χ4v) is 3.94. The predicted molar refractivity (Wildman–Crippen MR) is 81.1 cm³/mol. The maximum absolute atomic E-state index is 12.6. The molecule has 2 aliphatic rings. The minimum absolute atomic E-state index is 0. The average molecular weight is 299 g/mol. The summed E-state index contributed by atoms with van der Waals surface area (Å²) in [6.45, 7) is 4.79.